The highest BCUT2D eigenvalue weighted by Crippen LogP contribution is 2.25. The molecule has 0 aliphatic heterocycles. The minimum absolute atomic E-state index is 0.315. The molecule has 19 heavy (non-hydrogen) atoms. The van der Waals surface area contributed by atoms with E-state index in [0.717, 1.165) is 22.3 Å². The summed E-state index contributed by atoms with van der Waals surface area (Å²) >= 11 is 0. The smallest absolute Gasteiger partial charge is 0.121 e. The van der Waals surface area contributed by atoms with Crippen molar-refractivity contribution in [3.05, 3.63) is 64.7 Å². The third kappa shape index (κ3) is 2.83. The molecule has 0 fully saturated rings. The number of phenolic OH excluding ortho intramolecular Hbond substituents is 1. The third-order valence-corrected chi connectivity index (χ3v) is 3.03. The summed E-state index contributed by atoms with van der Waals surface area (Å²) in [6.45, 7) is 3.71. The minimum Gasteiger partial charge on any atom is -0.507 e. The highest BCUT2D eigenvalue weighted by molar-refractivity contribution is 5.89. The fourth-order valence-corrected chi connectivity index (χ4v) is 2.04. The summed E-state index contributed by atoms with van der Waals surface area (Å²) in [5.74, 6) is 0.315. The number of hydrogen-bond acceptors (Lipinski definition) is 2. The van der Waals surface area contributed by atoms with Crippen molar-refractivity contribution < 1.29 is 5.11 Å². The van der Waals surface area contributed by atoms with E-state index in [9.17, 15) is 10.4 Å². The van der Waals surface area contributed by atoms with E-state index >= 15 is 0 Å². The summed E-state index contributed by atoms with van der Waals surface area (Å²) in [6.07, 6.45) is 1.84. The lowest BCUT2D eigenvalue weighted by Gasteiger charge is -2.05. The van der Waals surface area contributed by atoms with Gasteiger partial charge in [-0.15, -0.1) is 0 Å². The van der Waals surface area contributed by atoms with Crippen molar-refractivity contribution in [2.75, 3.05) is 0 Å². The second kappa shape index (κ2) is 5.41. The maximum Gasteiger partial charge on any atom is 0.121 e. The molecule has 2 rings (SSSR count). The Hall–Kier alpha value is -2.53. The highest BCUT2D eigenvalue weighted by Gasteiger charge is 2.04. The van der Waals surface area contributed by atoms with Gasteiger partial charge in [0.1, 0.15) is 5.75 Å². The molecular weight excluding hydrogens is 234 g/mol. The number of rotatable bonds is 2. The Morgan fingerprint density at radius 2 is 1.68 bits per heavy atom. The zero-order chi connectivity index (χ0) is 13.8. The van der Waals surface area contributed by atoms with E-state index in [1.165, 1.54) is 0 Å². The van der Waals surface area contributed by atoms with Crippen LogP contribution in [0, 0.1) is 25.2 Å². The average Bonchev–Trinajstić information content (AvgIpc) is 2.43. The van der Waals surface area contributed by atoms with Gasteiger partial charge in [0.05, 0.1) is 11.6 Å². The van der Waals surface area contributed by atoms with Crippen molar-refractivity contribution in [1.29, 1.82) is 5.26 Å². The van der Waals surface area contributed by atoms with Gasteiger partial charge in [-0.25, -0.2) is 0 Å². The van der Waals surface area contributed by atoms with E-state index in [0.29, 0.717) is 11.3 Å². The van der Waals surface area contributed by atoms with Crippen LogP contribution in [0.15, 0.2) is 42.5 Å². The number of nitrogens with zero attached hydrogens (tertiary/aromatic N) is 1. The Labute approximate surface area is 113 Å². The van der Waals surface area contributed by atoms with Crippen LogP contribution < -0.4 is 0 Å². The third-order valence-electron chi connectivity index (χ3n) is 3.03. The van der Waals surface area contributed by atoms with Crippen LogP contribution in [-0.4, -0.2) is 5.11 Å². The molecule has 2 nitrogen and oxygen atoms in total. The van der Waals surface area contributed by atoms with Gasteiger partial charge in [0, 0.05) is 0 Å². The van der Waals surface area contributed by atoms with E-state index in [1.54, 1.807) is 0 Å². The number of benzene rings is 2. The molecule has 0 aliphatic carbocycles. The van der Waals surface area contributed by atoms with E-state index in [2.05, 4.69) is 6.07 Å². The van der Waals surface area contributed by atoms with Crippen molar-refractivity contribution in [1.82, 2.24) is 0 Å². The fraction of sp³-hybridized carbons (Fsp3) is 0.118. The average molecular weight is 249 g/mol. The molecule has 0 atom stereocenters. The summed E-state index contributed by atoms with van der Waals surface area (Å²) < 4.78 is 0. The Kier molecular flexibility index (Phi) is 3.68. The van der Waals surface area contributed by atoms with Crippen molar-refractivity contribution in [2.45, 2.75) is 13.8 Å². The van der Waals surface area contributed by atoms with Crippen LogP contribution in [0.2, 0.25) is 0 Å². The maximum atomic E-state index is 9.75. The Morgan fingerprint density at radius 3 is 2.21 bits per heavy atom. The molecule has 0 unspecified atom stereocenters. The molecule has 94 valence electrons. The molecule has 2 aromatic rings. The monoisotopic (exact) mass is 249 g/mol. The Morgan fingerprint density at radius 1 is 1.11 bits per heavy atom. The first kappa shape index (κ1) is 12.9. The van der Waals surface area contributed by atoms with Crippen LogP contribution >= 0.6 is 0 Å². The quantitative estimate of drug-likeness (QED) is 0.644. The van der Waals surface area contributed by atoms with Gasteiger partial charge in [-0.2, -0.15) is 5.26 Å². The van der Waals surface area contributed by atoms with Gasteiger partial charge in [0.2, 0.25) is 0 Å². The molecule has 0 radical (unpaired) electrons. The molecule has 0 aliphatic rings. The molecule has 2 heteroatoms. The number of aryl methyl sites for hydroxylation is 2. The summed E-state index contributed by atoms with van der Waals surface area (Å²) in [4.78, 5) is 0. The van der Waals surface area contributed by atoms with Gasteiger partial charge in [0.15, 0.2) is 0 Å². The molecule has 1 N–H and O–H groups in total. The minimum atomic E-state index is 0.315. The van der Waals surface area contributed by atoms with Crippen molar-refractivity contribution in [3.63, 3.8) is 0 Å². The summed E-state index contributed by atoms with van der Waals surface area (Å²) in [5.41, 5.74) is 4.07. The van der Waals surface area contributed by atoms with E-state index < -0.39 is 0 Å². The fourth-order valence-electron chi connectivity index (χ4n) is 2.04. The summed E-state index contributed by atoms with van der Waals surface area (Å²) in [6, 6.07) is 15.5. The van der Waals surface area contributed by atoms with E-state index in [4.69, 9.17) is 0 Å². The standard InChI is InChI=1S/C17H15NO/c1-12-8-14(9-13(2)17(12)19)10-16(11-18)15-6-4-3-5-7-15/h3-10,19H,1-2H3/b16-10+. The highest BCUT2D eigenvalue weighted by atomic mass is 16.3. The van der Waals surface area contributed by atoms with Gasteiger partial charge in [0.25, 0.3) is 0 Å². The number of nitriles is 1. The molecule has 0 amide bonds. The second-order valence-corrected chi connectivity index (χ2v) is 4.54. The van der Waals surface area contributed by atoms with Crippen LogP contribution in [-0.2, 0) is 0 Å². The lowest BCUT2D eigenvalue weighted by molar-refractivity contribution is 0.467. The summed E-state index contributed by atoms with van der Waals surface area (Å²) in [5, 5.41) is 19.0. The first-order valence-corrected chi connectivity index (χ1v) is 6.09. The van der Waals surface area contributed by atoms with Crippen LogP contribution in [0.4, 0.5) is 0 Å². The number of phenols is 1. The number of aromatic hydroxyl groups is 1. The first-order chi connectivity index (χ1) is 9.11. The van der Waals surface area contributed by atoms with Crippen molar-refractivity contribution in [2.24, 2.45) is 0 Å². The van der Waals surface area contributed by atoms with Crippen LogP contribution in [0.5, 0.6) is 5.75 Å². The second-order valence-electron chi connectivity index (χ2n) is 4.54. The SMILES string of the molecule is Cc1cc(/C=C(\C#N)c2ccccc2)cc(C)c1O. The zero-order valence-electron chi connectivity index (χ0n) is 11.0. The molecule has 0 spiro atoms. The molecule has 0 heterocycles. The molecule has 0 bridgehead atoms. The predicted octanol–water partition coefficient (Wildman–Crippen LogP) is 4.07. The molecule has 0 saturated heterocycles. The van der Waals surface area contributed by atoms with Crippen LogP contribution in [0.3, 0.4) is 0 Å². The molecule has 0 saturated carbocycles. The Bertz CT molecular complexity index is 640. The largest absolute Gasteiger partial charge is 0.507 e. The topological polar surface area (TPSA) is 44.0 Å². The Balaban J connectivity index is 2.48. The van der Waals surface area contributed by atoms with Gasteiger partial charge >= 0.3 is 0 Å². The van der Waals surface area contributed by atoms with Crippen molar-refractivity contribution in [3.8, 4) is 11.8 Å². The lowest BCUT2D eigenvalue weighted by atomic mass is 10.0. The maximum absolute atomic E-state index is 9.75. The van der Waals surface area contributed by atoms with Gasteiger partial charge in [-0.3, -0.25) is 0 Å². The normalized spacial score (nSPS) is 11.1. The van der Waals surface area contributed by atoms with Crippen LogP contribution in [0.25, 0.3) is 11.6 Å². The van der Waals surface area contributed by atoms with E-state index in [1.807, 2.05) is 62.4 Å². The zero-order valence-corrected chi connectivity index (χ0v) is 11.0. The number of allylic oxidation sites excluding steroid dienone is 1. The molecular formula is C17H15NO. The molecule has 2 aromatic carbocycles. The lowest BCUT2D eigenvalue weighted by Crippen LogP contribution is -1.85. The molecule has 0 aromatic heterocycles. The van der Waals surface area contributed by atoms with Crippen LogP contribution in [0.1, 0.15) is 22.3 Å². The van der Waals surface area contributed by atoms with Gasteiger partial charge in [-0.05, 0) is 54.3 Å². The summed E-state index contributed by atoms with van der Waals surface area (Å²) in [7, 11) is 0. The van der Waals surface area contributed by atoms with Gasteiger partial charge in [-0.1, -0.05) is 30.3 Å². The van der Waals surface area contributed by atoms with Gasteiger partial charge < -0.3 is 5.11 Å². The first-order valence-electron chi connectivity index (χ1n) is 6.09. The van der Waals surface area contributed by atoms with Crippen molar-refractivity contribution >= 4 is 11.6 Å². The van der Waals surface area contributed by atoms with E-state index in [-0.39, 0.29) is 0 Å². The predicted molar refractivity (Wildman–Crippen MR) is 77.5 cm³/mol. The number of hydrogen-bond donors (Lipinski definition) is 1.